The van der Waals surface area contributed by atoms with Crippen LogP contribution < -0.4 is 11.1 Å². The molecule has 1 aromatic carbocycles. The molecule has 1 aliphatic rings. The molecule has 0 aliphatic heterocycles. The van der Waals surface area contributed by atoms with Gasteiger partial charge in [-0.25, -0.2) is 9.37 Å². The molecule has 4 aromatic rings. The Morgan fingerprint density at radius 3 is 2.79 bits per heavy atom. The predicted octanol–water partition coefficient (Wildman–Crippen LogP) is 3.07. The Morgan fingerprint density at radius 1 is 1.17 bits per heavy atom. The molecule has 0 bridgehead atoms. The van der Waals surface area contributed by atoms with Gasteiger partial charge in [-0.3, -0.25) is 10.1 Å². The molecule has 29 heavy (non-hydrogen) atoms. The summed E-state index contributed by atoms with van der Waals surface area (Å²) in [5.41, 5.74) is 8.40. The van der Waals surface area contributed by atoms with Gasteiger partial charge in [0.25, 0.3) is 0 Å². The Morgan fingerprint density at radius 2 is 2.07 bits per heavy atom. The summed E-state index contributed by atoms with van der Waals surface area (Å²) in [5, 5.41) is 19.3. The number of hydrogen-bond donors (Lipinski definition) is 3. The topological polar surface area (TPSA) is 118 Å². The zero-order valence-corrected chi connectivity index (χ0v) is 15.6. The van der Waals surface area contributed by atoms with E-state index in [1.165, 1.54) is 6.07 Å². The molecule has 4 N–H and O–H groups in total. The Labute approximate surface area is 165 Å². The van der Waals surface area contributed by atoms with E-state index in [1.54, 1.807) is 18.5 Å². The minimum absolute atomic E-state index is 0.266. The van der Waals surface area contributed by atoms with E-state index in [1.807, 2.05) is 18.2 Å². The van der Waals surface area contributed by atoms with E-state index in [0.29, 0.717) is 29.7 Å². The van der Waals surface area contributed by atoms with Gasteiger partial charge in [0.05, 0.1) is 17.4 Å². The van der Waals surface area contributed by atoms with Gasteiger partial charge in [-0.05, 0) is 37.1 Å². The molecular formula is C20H19FN8. The standard InChI is InChI=1S/C20H19FN8/c21-14-3-1-8-23-17(14)20(6-2-7-20)11-25-19-24-10-16(27-29-19)12-4-5-15-13(9-12)18(22)28-26-15/h1,3-5,8-10H,2,6-7,11H2,(H3,22,26,28)(H,24,25,29). The van der Waals surface area contributed by atoms with Crippen molar-refractivity contribution in [1.29, 1.82) is 0 Å². The normalized spacial score (nSPS) is 15.2. The number of halogens is 1. The fraction of sp³-hybridized carbons (Fsp3) is 0.250. The lowest BCUT2D eigenvalue weighted by molar-refractivity contribution is 0.243. The van der Waals surface area contributed by atoms with Gasteiger partial charge in [0.2, 0.25) is 5.95 Å². The van der Waals surface area contributed by atoms with Crippen LogP contribution in [-0.2, 0) is 5.41 Å². The molecule has 8 nitrogen and oxygen atoms in total. The van der Waals surface area contributed by atoms with Gasteiger partial charge in [-0.1, -0.05) is 12.5 Å². The van der Waals surface area contributed by atoms with E-state index < -0.39 is 0 Å². The average molecular weight is 390 g/mol. The zero-order chi connectivity index (χ0) is 19.8. The fourth-order valence-electron chi connectivity index (χ4n) is 3.81. The van der Waals surface area contributed by atoms with Crippen molar-refractivity contribution in [1.82, 2.24) is 30.4 Å². The molecule has 1 aliphatic carbocycles. The Hall–Kier alpha value is -3.62. The Balaban J connectivity index is 1.34. The van der Waals surface area contributed by atoms with E-state index in [-0.39, 0.29) is 11.2 Å². The van der Waals surface area contributed by atoms with Crippen LogP contribution in [0.15, 0.2) is 42.7 Å². The summed E-state index contributed by atoms with van der Waals surface area (Å²) in [4.78, 5) is 8.65. The number of H-pyrrole nitrogens is 1. The van der Waals surface area contributed by atoms with Gasteiger partial charge in [-0.2, -0.15) is 5.10 Å². The van der Waals surface area contributed by atoms with Gasteiger partial charge >= 0.3 is 0 Å². The van der Waals surface area contributed by atoms with Gasteiger partial charge in [0, 0.05) is 29.1 Å². The number of nitrogens with two attached hydrogens (primary N) is 1. The van der Waals surface area contributed by atoms with Crippen LogP contribution in [0.2, 0.25) is 0 Å². The monoisotopic (exact) mass is 390 g/mol. The van der Waals surface area contributed by atoms with Crippen molar-refractivity contribution in [3.8, 4) is 11.3 Å². The number of rotatable bonds is 5. The summed E-state index contributed by atoms with van der Waals surface area (Å²) >= 11 is 0. The van der Waals surface area contributed by atoms with Crippen LogP contribution in [0.1, 0.15) is 25.0 Å². The highest BCUT2D eigenvalue weighted by atomic mass is 19.1. The first kappa shape index (κ1) is 17.5. The third-order valence-electron chi connectivity index (χ3n) is 5.61. The highest BCUT2D eigenvalue weighted by molar-refractivity contribution is 5.91. The van der Waals surface area contributed by atoms with Crippen molar-refractivity contribution in [2.24, 2.45) is 0 Å². The molecule has 9 heteroatoms. The molecular weight excluding hydrogens is 371 g/mol. The largest absolute Gasteiger partial charge is 0.382 e. The number of benzene rings is 1. The first-order chi connectivity index (χ1) is 14.1. The quantitative estimate of drug-likeness (QED) is 0.479. The van der Waals surface area contributed by atoms with E-state index in [0.717, 1.165) is 35.7 Å². The van der Waals surface area contributed by atoms with Gasteiger partial charge in [0.15, 0.2) is 5.82 Å². The maximum Gasteiger partial charge on any atom is 0.242 e. The second-order valence-electron chi connectivity index (χ2n) is 7.36. The lowest BCUT2D eigenvalue weighted by atomic mass is 9.66. The van der Waals surface area contributed by atoms with Crippen molar-refractivity contribution >= 4 is 22.7 Å². The summed E-state index contributed by atoms with van der Waals surface area (Å²) in [5.74, 6) is 0.575. The molecule has 0 saturated heterocycles. The van der Waals surface area contributed by atoms with E-state index in [9.17, 15) is 4.39 Å². The first-order valence-electron chi connectivity index (χ1n) is 9.43. The average Bonchev–Trinajstić information content (AvgIpc) is 3.09. The van der Waals surface area contributed by atoms with Crippen LogP contribution >= 0.6 is 0 Å². The van der Waals surface area contributed by atoms with Crippen molar-refractivity contribution in [2.45, 2.75) is 24.7 Å². The molecule has 1 saturated carbocycles. The third-order valence-corrected chi connectivity index (χ3v) is 5.61. The molecule has 146 valence electrons. The third kappa shape index (κ3) is 3.04. The van der Waals surface area contributed by atoms with Crippen LogP contribution in [-0.4, -0.2) is 36.9 Å². The molecule has 3 aromatic heterocycles. The molecule has 0 radical (unpaired) electrons. The van der Waals surface area contributed by atoms with Crippen LogP contribution in [0.4, 0.5) is 16.2 Å². The minimum atomic E-state index is -0.322. The summed E-state index contributed by atoms with van der Waals surface area (Å²) < 4.78 is 14.2. The molecule has 0 amide bonds. The number of anilines is 2. The maximum atomic E-state index is 14.2. The number of hydrogen-bond acceptors (Lipinski definition) is 7. The number of nitrogens with zero attached hydrogens (tertiary/aromatic N) is 5. The zero-order valence-electron chi connectivity index (χ0n) is 15.6. The number of aromatic amines is 1. The summed E-state index contributed by atoms with van der Waals surface area (Å²) in [6.45, 7) is 0.513. The molecule has 0 spiro atoms. The van der Waals surface area contributed by atoms with E-state index in [4.69, 9.17) is 5.73 Å². The number of aromatic nitrogens is 6. The van der Waals surface area contributed by atoms with Crippen molar-refractivity contribution < 1.29 is 4.39 Å². The highest BCUT2D eigenvalue weighted by Gasteiger charge is 2.41. The smallest absolute Gasteiger partial charge is 0.242 e. The molecule has 3 heterocycles. The number of nitrogens with one attached hydrogen (secondary N) is 2. The van der Waals surface area contributed by atoms with Gasteiger partial charge < -0.3 is 11.1 Å². The lowest BCUT2D eigenvalue weighted by Crippen LogP contribution is -2.42. The first-order valence-corrected chi connectivity index (χ1v) is 9.43. The van der Waals surface area contributed by atoms with Crippen molar-refractivity contribution in [3.05, 3.63) is 54.2 Å². The fourth-order valence-corrected chi connectivity index (χ4v) is 3.81. The van der Waals surface area contributed by atoms with Crippen LogP contribution in [0.5, 0.6) is 0 Å². The van der Waals surface area contributed by atoms with Crippen LogP contribution in [0, 0.1) is 5.82 Å². The van der Waals surface area contributed by atoms with Crippen molar-refractivity contribution in [3.63, 3.8) is 0 Å². The van der Waals surface area contributed by atoms with Gasteiger partial charge in [-0.15, -0.1) is 10.2 Å². The highest BCUT2D eigenvalue weighted by Crippen LogP contribution is 2.43. The Kier molecular flexibility index (Phi) is 4.08. The van der Waals surface area contributed by atoms with Crippen LogP contribution in [0.25, 0.3) is 22.2 Å². The van der Waals surface area contributed by atoms with Crippen molar-refractivity contribution in [2.75, 3.05) is 17.6 Å². The number of pyridine rings is 1. The minimum Gasteiger partial charge on any atom is -0.382 e. The summed E-state index contributed by atoms with van der Waals surface area (Å²) in [7, 11) is 0. The lowest BCUT2D eigenvalue weighted by Gasteiger charge is -2.41. The molecule has 1 fully saturated rings. The number of nitrogen functional groups attached to an aromatic ring is 1. The number of fused-ring (bicyclic) bond motifs is 1. The summed E-state index contributed by atoms with van der Waals surface area (Å²) in [6, 6.07) is 8.77. The summed E-state index contributed by atoms with van der Waals surface area (Å²) in [6.07, 6.45) is 6.10. The molecule has 5 rings (SSSR count). The second kappa shape index (κ2) is 6.77. The second-order valence-corrected chi connectivity index (χ2v) is 7.36. The SMILES string of the molecule is Nc1n[nH]c2ccc(-c3cnc(NCC4(c5ncccc5F)CCC4)nn3)cc12. The van der Waals surface area contributed by atoms with Gasteiger partial charge in [0.1, 0.15) is 11.5 Å². The molecule has 0 unspecified atom stereocenters. The van der Waals surface area contributed by atoms with Crippen LogP contribution in [0.3, 0.4) is 0 Å². The Bertz CT molecular complexity index is 1170. The molecule has 0 atom stereocenters. The predicted molar refractivity (Wildman–Crippen MR) is 108 cm³/mol. The maximum absolute atomic E-state index is 14.2. The van der Waals surface area contributed by atoms with E-state index in [2.05, 4.69) is 35.7 Å². The van der Waals surface area contributed by atoms with E-state index >= 15 is 0 Å².